The predicted octanol–water partition coefficient (Wildman–Crippen LogP) is 4.16. The van der Waals surface area contributed by atoms with Gasteiger partial charge in [-0.25, -0.2) is 0 Å². The highest BCUT2D eigenvalue weighted by molar-refractivity contribution is 7.20. The number of aliphatic carboxylic acids is 2. The first-order valence-corrected chi connectivity index (χ1v) is 14.1. The average molecular weight is 601 g/mol. The molecular weight excluding hydrogens is 568 g/mol. The van der Waals surface area contributed by atoms with Crippen LogP contribution in [0, 0.1) is 5.92 Å². The standard InChI is InChI=1S/C29H32N2O10S/c1-16(29(36)37)9-20(32)24-13-17-10-23(39-3)27(30-28(17)42-24)41-8-4-7-40-22-12-19-15-31(25(33)5-6-26(34)35)14-18(19)11-21(22)38-2/h10-13,16H,4-9,14-15H2,1-3H3,(H,34,35)(H,36,37)/t16-/m0/s1. The van der Waals surface area contributed by atoms with Gasteiger partial charge in [-0.1, -0.05) is 6.92 Å². The van der Waals surface area contributed by atoms with Crippen molar-refractivity contribution >= 4 is 45.2 Å². The number of carbonyl (C=O) groups excluding carboxylic acids is 2. The van der Waals surface area contributed by atoms with Crippen molar-refractivity contribution in [2.45, 2.75) is 45.7 Å². The van der Waals surface area contributed by atoms with Gasteiger partial charge in [0.2, 0.25) is 5.91 Å². The molecular formula is C29H32N2O10S. The number of aromatic nitrogens is 1. The summed E-state index contributed by atoms with van der Waals surface area (Å²) in [5.74, 6) is -1.55. The van der Waals surface area contributed by atoms with Crippen molar-refractivity contribution in [3.63, 3.8) is 0 Å². The fourth-order valence-electron chi connectivity index (χ4n) is 4.43. The number of carboxylic acid groups (broad SMARTS) is 2. The number of benzene rings is 1. The molecule has 224 valence electrons. The van der Waals surface area contributed by atoms with Crippen LogP contribution in [-0.2, 0) is 27.5 Å². The van der Waals surface area contributed by atoms with E-state index >= 15 is 0 Å². The third kappa shape index (κ3) is 7.27. The van der Waals surface area contributed by atoms with E-state index in [0.29, 0.717) is 58.5 Å². The summed E-state index contributed by atoms with van der Waals surface area (Å²) >= 11 is 1.17. The zero-order valence-corrected chi connectivity index (χ0v) is 24.3. The number of rotatable bonds is 15. The highest BCUT2D eigenvalue weighted by Crippen LogP contribution is 2.36. The molecule has 0 saturated carbocycles. The molecule has 4 rings (SSSR count). The van der Waals surface area contributed by atoms with Crippen molar-refractivity contribution < 1.29 is 48.3 Å². The maximum Gasteiger partial charge on any atom is 0.306 e. The highest BCUT2D eigenvalue weighted by atomic mass is 32.1. The summed E-state index contributed by atoms with van der Waals surface area (Å²) in [6, 6.07) is 7.08. The number of amides is 1. The van der Waals surface area contributed by atoms with Crippen LogP contribution in [0.25, 0.3) is 10.2 Å². The maximum atomic E-state index is 12.5. The van der Waals surface area contributed by atoms with Crippen molar-refractivity contribution in [1.82, 2.24) is 9.88 Å². The van der Waals surface area contributed by atoms with E-state index in [2.05, 4.69) is 4.98 Å². The predicted molar refractivity (Wildman–Crippen MR) is 152 cm³/mol. The quantitative estimate of drug-likeness (QED) is 0.190. The van der Waals surface area contributed by atoms with E-state index in [1.165, 1.54) is 32.5 Å². The first kappa shape index (κ1) is 30.6. The zero-order chi connectivity index (χ0) is 30.4. The fraction of sp³-hybridized carbons (Fsp3) is 0.414. The molecule has 12 nitrogen and oxygen atoms in total. The third-order valence-corrected chi connectivity index (χ3v) is 7.83. The van der Waals surface area contributed by atoms with Crippen LogP contribution >= 0.6 is 11.3 Å². The Morgan fingerprint density at radius 2 is 1.60 bits per heavy atom. The molecule has 42 heavy (non-hydrogen) atoms. The third-order valence-electron chi connectivity index (χ3n) is 6.75. The molecule has 0 radical (unpaired) electrons. The molecule has 1 amide bonds. The van der Waals surface area contributed by atoms with Crippen molar-refractivity contribution in [2.24, 2.45) is 5.92 Å². The van der Waals surface area contributed by atoms with Crippen molar-refractivity contribution in [3.05, 3.63) is 40.3 Å². The summed E-state index contributed by atoms with van der Waals surface area (Å²) in [4.78, 5) is 53.9. The Morgan fingerprint density at radius 3 is 2.24 bits per heavy atom. The van der Waals surface area contributed by atoms with Crippen LogP contribution in [-0.4, -0.2) is 71.2 Å². The van der Waals surface area contributed by atoms with Crippen LogP contribution in [0.3, 0.4) is 0 Å². The largest absolute Gasteiger partial charge is 0.493 e. The number of nitrogens with zero attached hydrogens (tertiary/aromatic N) is 2. The Bertz CT molecular complexity index is 1500. The SMILES string of the molecule is COc1cc2c(cc1OCCCOc1nc3sc(C(=O)C[C@H](C)C(=O)O)cc3cc1OC)CN(C(=O)CCC(=O)O)C2. The maximum absolute atomic E-state index is 12.5. The molecule has 0 fully saturated rings. The number of carboxylic acids is 2. The van der Waals surface area contributed by atoms with E-state index < -0.39 is 17.9 Å². The van der Waals surface area contributed by atoms with Gasteiger partial charge < -0.3 is 34.1 Å². The van der Waals surface area contributed by atoms with Crippen molar-refractivity contribution in [3.8, 4) is 23.1 Å². The normalized spacial score (nSPS) is 13.0. The lowest BCUT2D eigenvalue weighted by atomic mass is 10.0. The molecule has 13 heteroatoms. The van der Waals surface area contributed by atoms with Gasteiger partial charge in [0.15, 0.2) is 23.0 Å². The molecule has 1 atom stereocenters. The zero-order valence-electron chi connectivity index (χ0n) is 23.5. The fourth-order valence-corrected chi connectivity index (χ4v) is 5.38. The Morgan fingerprint density at radius 1 is 0.929 bits per heavy atom. The van der Waals surface area contributed by atoms with E-state index in [9.17, 15) is 19.2 Å². The molecule has 1 aliphatic rings. The molecule has 1 aromatic carbocycles. The average Bonchev–Trinajstić information content (AvgIpc) is 3.58. The molecule has 2 N–H and O–H groups in total. The topological polar surface area (TPSA) is 162 Å². The molecule has 0 unspecified atom stereocenters. The first-order chi connectivity index (χ1) is 20.1. The van der Waals surface area contributed by atoms with Crippen LogP contribution in [0.15, 0.2) is 24.3 Å². The van der Waals surface area contributed by atoms with Gasteiger partial charge in [-0.15, -0.1) is 11.3 Å². The second-order valence-corrected chi connectivity index (χ2v) is 10.9. The molecule has 3 heterocycles. The van der Waals surface area contributed by atoms with Gasteiger partial charge in [0, 0.05) is 37.7 Å². The number of hydrogen-bond donors (Lipinski definition) is 2. The molecule has 0 bridgehead atoms. The Kier molecular flexibility index (Phi) is 9.84. The van der Waals surface area contributed by atoms with E-state index in [1.54, 1.807) is 17.0 Å². The second kappa shape index (κ2) is 13.5. The number of methoxy groups -OCH3 is 2. The summed E-state index contributed by atoms with van der Waals surface area (Å²) in [7, 11) is 3.03. The van der Waals surface area contributed by atoms with Gasteiger partial charge >= 0.3 is 11.9 Å². The van der Waals surface area contributed by atoms with Crippen LogP contribution in [0.1, 0.15) is 53.4 Å². The second-order valence-electron chi connectivity index (χ2n) is 9.83. The van der Waals surface area contributed by atoms with Crippen LogP contribution in [0.2, 0.25) is 0 Å². The van der Waals surface area contributed by atoms with Gasteiger partial charge in [0.1, 0.15) is 4.83 Å². The van der Waals surface area contributed by atoms with Gasteiger partial charge in [-0.2, -0.15) is 4.98 Å². The van der Waals surface area contributed by atoms with Crippen LogP contribution < -0.4 is 18.9 Å². The lowest BCUT2D eigenvalue weighted by molar-refractivity contribution is -0.141. The Balaban J connectivity index is 1.33. The van der Waals surface area contributed by atoms with E-state index in [1.807, 2.05) is 12.1 Å². The highest BCUT2D eigenvalue weighted by Gasteiger charge is 2.26. The number of pyridine rings is 1. The Hall–Kier alpha value is -4.39. The minimum absolute atomic E-state index is 0.0474. The number of ether oxygens (including phenoxy) is 4. The smallest absolute Gasteiger partial charge is 0.306 e. The Labute approximate surface area is 245 Å². The number of fused-ring (bicyclic) bond motifs is 2. The molecule has 0 spiro atoms. The molecule has 2 aromatic heterocycles. The van der Waals surface area contributed by atoms with Gasteiger partial charge in [-0.05, 0) is 35.4 Å². The minimum Gasteiger partial charge on any atom is -0.493 e. The van der Waals surface area contributed by atoms with Crippen LogP contribution in [0.4, 0.5) is 0 Å². The minimum atomic E-state index is -1.02. The van der Waals surface area contributed by atoms with Gasteiger partial charge in [-0.3, -0.25) is 19.2 Å². The van der Waals surface area contributed by atoms with Crippen LogP contribution in [0.5, 0.6) is 23.1 Å². The first-order valence-electron chi connectivity index (χ1n) is 13.3. The van der Waals surface area contributed by atoms with E-state index in [-0.39, 0.29) is 43.4 Å². The van der Waals surface area contributed by atoms with Crippen molar-refractivity contribution in [2.75, 3.05) is 27.4 Å². The summed E-state index contributed by atoms with van der Waals surface area (Å²) < 4.78 is 22.7. The lowest BCUT2D eigenvalue weighted by Crippen LogP contribution is -2.25. The number of ketones is 1. The van der Waals surface area contributed by atoms with Gasteiger partial charge in [0.25, 0.3) is 5.88 Å². The lowest BCUT2D eigenvalue weighted by Gasteiger charge is -2.14. The molecule has 3 aromatic rings. The summed E-state index contributed by atoms with van der Waals surface area (Å²) in [6.45, 7) is 2.83. The van der Waals surface area contributed by atoms with Gasteiger partial charge in [0.05, 0.1) is 44.6 Å². The number of Topliss-reactive ketones (excluding diaryl/α,β-unsaturated/α-hetero) is 1. The summed E-state index contributed by atoms with van der Waals surface area (Å²) in [6.07, 6.45) is 0.155. The number of carbonyl (C=O) groups is 4. The van der Waals surface area contributed by atoms with E-state index in [4.69, 9.17) is 29.2 Å². The molecule has 0 aliphatic carbocycles. The van der Waals surface area contributed by atoms with E-state index in [0.717, 1.165) is 11.1 Å². The monoisotopic (exact) mass is 600 g/mol. The van der Waals surface area contributed by atoms with Crippen molar-refractivity contribution in [1.29, 1.82) is 0 Å². The summed E-state index contributed by atoms with van der Waals surface area (Å²) in [5.41, 5.74) is 1.84. The molecule has 0 saturated heterocycles. The number of hydrogen-bond acceptors (Lipinski definition) is 10. The summed E-state index contributed by atoms with van der Waals surface area (Å²) in [5, 5.41) is 18.6. The number of thiophene rings is 1. The molecule has 1 aliphatic heterocycles.